The van der Waals surface area contributed by atoms with Crippen molar-refractivity contribution in [3.05, 3.63) is 89.5 Å². The summed E-state index contributed by atoms with van der Waals surface area (Å²) in [4.78, 5) is 3.99. The fourth-order valence-corrected chi connectivity index (χ4v) is 7.36. The molecule has 0 aromatic heterocycles. The van der Waals surface area contributed by atoms with Gasteiger partial charge >= 0.3 is 0 Å². The molecular weight excluding hydrogens is 510 g/mol. The number of thioether (sulfide) groups is 1. The zero-order valence-corrected chi connectivity index (χ0v) is 24.9. The van der Waals surface area contributed by atoms with Gasteiger partial charge in [0.15, 0.2) is 0 Å². The van der Waals surface area contributed by atoms with Crippen LogP contribution in [0.3, 0.4) is 0 Å². The van der Waals surface area contributed by atoms with E-state index in [2.05, 4.69) is 59.5 Å². The fourth-order valence-electron chi connectivity index (χ4n) is 6.45. The number of nitrogens with zero attached hydrogens (tertiary/aromatic N) is 1. The minimum Gasteiger partial charge on any atom is -0.508 e. The third-order valence-corrected chi connectivity index (χ3v) is 9.80. The van der Waals surface area contributed by atoms with Crippen LogP contribution < -0.4 is 4.74 Å². The van der Waals surface area contributed by atoms with Gasteiger partial charge in [0, 0.05) is 22.3 Å². The van der Waals surface area contributed by atoms with Gasteiger partial charge in [-0.25, -0.2) is 0 Å². The Morgan fingerprint density at radius 3 is 2.12 bits per heavy atom. The molecule has 4 heteroatoms. The van der Waals surface area contributed by atoms with Crippen molar-refractivity contribution in [3.63, 3.8) is 0 Å². The summed E-state index contributed by atoms with van der Waals surface area (Å²) in [5.74, 6) is 2.73. The van der Waals surface area contributed by atoms with E-state index in [0.29, 0.717) is 12.4 Å². The largest absolute Gasteiger partial charge is 0.508 e. The lowest BCUT2D eigenvalue weighted by Gasteiger charge is -2.34. The number of ether oxygens (including phenoxy) is 1. The lowest BCUT2D eigenvalue weighted by Crippen LogP contribution is -2.25. The number of phenols is 1. The normalized spacial score (nSPS) is 18.9. The molecular formula is C36H47NO2S. The van der Waals surface area contributed by atoms with Gasteiger partial charge in [-0.05, 0) is 92.5 Å². The summed E-state index contributed by atoms with van der Waals surface area (Å²) in [6.07, 6.45) is 15.3. The third-order valence-electron chi connectivity index (χ3n) is 8.70. The molecule has 0 amide bonds. The van der Waals surface area contributed by atoms with Crippen LogP contribution in [0.5, 0.6) is 11.5 Å². The number of rotatable bonds is 15. The van der Waals surface area contributed by atoms with E-state index in [1.807, 2.05) is 23.9 Å². The maximum Gasteiger partial charge on any atom is 0.123 e. The maximum atomic E-state index is 10.3. The van der Waals surface area contributed by atoms with Crippen LogP contribution in [0.1, 0.15) is 99.2 Å². The zero-order chi connectivity index (χ0) is 27.4. The first-order valence-electron chi connectivity index (χ1n) is 15.7. The highest BCUT2D eigenvalue weighted by Gasteiger charge is 2.33. The minimum absolute atomic E-state index is 0.155. The molecule has 0 unspecified atom stereocenters. The molecule has 40 heavy (non-hydrogen) atoms. The summed E-state index contributed by atoms with van der Waals surface area (Å²) >= 11 is 1.98. The molecule has 5 rings (SSSR count). The first-order chi connectivity index (χ1) is 19.8. The van der Waals surface area contributed by atoms with Crippen LogP contribution >= 0.6 is 11.8 Å². The van der Waals surface area contributed by atoms with Gasteiger partial charge in [-0.15, -0.1) is 11.8 Å². The van der Waals surface area contributed by atoms with Crippen molar-refractivity contribution in [2.75, 3.05) is 32.0 Å². The number of unbranched alkanes of at least 4 members (excludes halogenated alkanes) is 8. The average Bonchev–Trinajstić information content (AvgIpc) is 3.51. The van der Waals surface area contributed by atoms with Crippen LogP contribution in [0.2, 0.25) is 0 Å². The highest BCUT2D eigenvalue weighted by Crippen LogP contribution is 2.47. The zero-order valence-electron chi connectivity index (χ0n) is 24.1. The lowest BCUT2D eigenvalue weighted by molar-refractivity contribution is 0.248. The summed E-state index contributed by atoms with van der Waals surface area (Å²) in [6.45, 7) is 4.66. The summed E-state index contributed by atoms with van der Waals surface area (Å²) in [5, 5.41) is 10.3. The second-order valence-corrected chi connectivity index (χ2v) is 12.8. The van der Waals surface area contributed by atoms with Gasteiger partial charge in [0.2, 0.25) is 0 Å². The van der Waals surface area contributed by atoms with Crippen molar-refractivity contribution < 1.29 is 9.84 Å². The molecule has 2 aliphatic rings. The van der Waals surface area contributed by atoms with E-state index in [0.717, 1.165) is 11.3 Å². The highest BCUT2D eigenvalue weighted by molar-refractivity contribution is 7.99. The SMILES string of the molecule is Oc1ccc2c(c1)[C@H](c1ccc(SCCCCCCCCCCCN3CCCC3)cc1)[C@H](c1ccccc1)CO2. The molecule has 2 atom stereocenters. The van der Waals surface area contributed by atoms with E-state index in [1.165, 1.54) is 112 Å². The van der Waals surface area contributed by atoms with Gasteiger partial charge in [-0.3, -0.25) is 0 Å². The average molecular weight is 558 g/mol. The smallest absolute Gasteiger partial charge is 0.123 e. The lowest BCUT2D eigenvalue weighted by atomic mass is 9.76. The van der Waals surface area contributed by atoms with E-state index in [1.54, 1.807) is 6.07 Å². The summed E-state index contributed by atoms with van der Waals surface area (Å²) < 4.78 is 6.14. The molecule has 0 spiro atoms. The number of likely N-dealkylation sites (tertiary alicyclic amines) is 1. The van der Waals surface area contributed by atoms with Crippen LogP contribution in [-0.2, 0) is 0 Å². The molecule has 0 saturated carbocycles. The molecule has 0 aliphatic carbocycles. The molecule has 0 bridgehead atoms. The minimum atomic E-state index is 0.155. The Morgan fingerprint density at radius 2 is 1.40 bits per heavy atom. The first kappa shape index (κ1) is 29.1. The number of hydrogen-bond donors (Lipinski definition) is 1. The predicted molar refractivity (Wildman–Crippen MR) is 169 cm³/mol. The Balaban J connectivity index is 1.03. The van der Waals surface area contributed by atoms with Crippen molar-refractivity contribution in [1.29, 1.82) is 0 Å². The monoisotopic (exact) mass is 557 g/mol. The Labute approximate surface area is 246 Å². The Hall–Kier alpha value is -2.43. The summed E-state index contributed by atoms with van der Waals surface area (Å²) in [5.41, 5.74) is 3.63. The standard InChI is InChI=1S/C36H47NO2S/c38-31-19-22-35-33(27-31)36(34(28-39-35)29-15-9-8-10-16-29)30-17-20-32(21-18-30)40-26-14-7-5-3-1-2-4-6-11-23-37-24-12-13-25-37/h8-10,15-22,27,34,36,38H,1-7,11-14,23-26,28H2/t34-,36-/m0/s1. The summed E-state index contributed by atoms with van der Waals surface area (Å²) in [6, 6.07) is 25.3. The molecule has 3 nitrogen and oxygen atoms in total. The van der Waals surface area contributed by atoms with Crippen molar-refractivity contribution in [2.24, 2.45) is 0 Å². The van der Waals surface area contributed by atoms with Crippen LogP contribution in [0.25, 0.3) is 0 Å². The van der Waals surface area contributed by atoms with E-state index in [4.69, 9.17) is 4.74 Å². The first-order valence-corrected chi connectivity index (χ1v) is 16.7. The van der Waals surface area contributed by atoms with Gasteiger partial charge in [0.05, 0.1) is 6.61 Å². The summed E-state index contributed by atoms with van der Waals surface area (Å²) in [7, 11) is 0. The van der Waals surface area contributed by atoms with Crippen molar-refractivity contribution in [3.8, 4) is 11.5 Å². The molecule has 3 aromatic carbocycles. The Morgan fingerprint density at radius 1 is 0.725 bits per heavy atom. The number of aromatic hydroxyl groups is 1. The van der Waals surface area contributed by atoms with Gasteiger partial charge in [0.25, 0.3) is 0 Å². The highest BCUT2D eigenvalue weighted by atomic mass is 32.2. The molecule has 0 radical (unpaired) electrons. The number of benzene rings is 3. The van der Waals surface area contributed by atoms with Crippen LogP contribution in [0.4, 0.5) is 0 Å². The van der Waals surface area contributed by atoms with E-state index in [-0.39, 0.29) is 11.8 Å². The van der Waals surface area contributed by atoms with Crippen molar-refractivity contribution >= 4 is 11.8 Å². The Bertz CT molecular complexity index is 1140. The Kier molecular flexibility index (Phi) is 11.3. The van der Waals surface area contributed by atoms with Gasteiger partial charge in [-0.1, -0.05) is 87.4 Å². The maximum absolute atomic E-state index is 10.3. The number of phenolic OH excluding ortho intramolecular Hbond substituents is 1. The van der Waals surface area contributed by atoms with E-state index < -0.39 is 0 Å². The molecule has 2 heterocycles. The second-order valence-electron chi connectivity index (χ2n) is 11.7. The number of hydrogen-bond acceptors (Lipinski definition) is 4. The second kappa shape index (κ2) is 15.5. The van der Waals surface area contributed by atoms with Crippen molar-refractivity contribution in [1.82, 2.24) is 4.90 Å². The fraction of sp³-hybridized carbons (Fsp3) is 0.500. The molecule has 1 N–H and O–H groups in total. The van der Waals surface area contributed by atoms with Crippen LogP contribution in [-0.4, -0.2) is 42.0 Å². The molecule has 1 saturated heterocycles. The predicted octanol–water partition coefficient (Wildman–Crippen LogP) is 9.40. The quantitative estimate of drug-likeness (QED) is 0.149. The molecule has 2 aliphatic heterocycles. The number of fused-ring (bicyclic) bond motifs is 1. The van der Waals surface area contributed by atoms with E-state index in [9.17, 15) is 5.11 Å². The molecule has 3 aromatic rings. The van der Waals surface area contributed by atoms with Gasteiger partial charge < -0.3 is 14.7 Å². The van der Waals surface area contributed by atoms with Crippen LogP contribution in [0.15, 0.2) is 77.7 Å². The van der Waals surface area contributed by atoms with Crippen molar-refractivity contribution in [2.45, 2.75) is 87.4 Å². The topological polar surface area (TPSA) is 32.7 Å². The molecule has 214 valence electrons. The van der Waals surface area contributed by atoms with Gasteiger partial charge in [0.1, 0.15) is 11.5 Å². The van der Waals surface area contributed by atoms with Crippen LogP contribution in [0, 0.1) is 0 Å². The molecule has 1 fully saturated rings. The van der Waals surface area contributed by atoms with E-state index >= 15 is 0 Å². The van der Waals surface area contributed by atoms with Gasteiger partial charge in [-0.2, -0.15) is 0 Å². The third kappa shape index (κ3) is 8.30.